The van der Waals surface area contributed by atoms with Crippen LogP contribution in [0.4, 0.5) is 11.4 Å². The maximum atomic E-state index is 9.88. The Bertz CT molecular complexity index is 348. The van der Waals surface area contributed by atoms with E-state index in [1.807, 2.05) is 6.92 Å². The summed E-state index contributed by atoms with van der Waals surface area (Å²) in [5.74, 6) is 0.516. The first-order valence-electron chi connectivity index (χ1n) is 5.09. The van der Waals surface area contributed by atoms with Gasteiger partial charge in [-0.2, -0.15) is 12.6 Å². The van der Waals surface area contributed by atoms with Gasteiger partial charge in [0.2, 0.25) is 0 Å². The second-order valence-corrected chi connectivity index (χ2v) is 4.31. The highest BCUT2D eigenvalue weighted by atomic mass is 32.1. The normalized spacial score (nSPS) is 14.8. The van der Waals surface area contributed by atoms with E-state index in [9.17, 15) is 10.2 Å². The number of aryl methyl sites for hydroxylation is 1. The molecule has 2 unspecified atom stereocenters. The van der Waals surface area contributed by atoms with E-state index in [1.54, 1.807) is 12.1 Å². The SMILES string of the molecule is Cc1cc(C(O)C(O)CCS)cc(N)c1N. The van der Waals surface area contributed by atoms with Crippen LogP contribution in [0, 0.1) is 6.92 Å². The Labute approximate surface area is 101 Å². The molecule has 1 rings (SSSR count). The summed E-state index contributed by atoms with van der Waals surface area (Å²) in [4.78, 5) is 0. The average molecular weight is 242 g/mol. The summed E-state index contributed by atoms with van der Waals surface area (Å²) in [7, 11) is 0. The number of nitrogen functional groups attached to an aromatic ring is 2. The second kappa shape index (κ2) is 5.43. The van der Waals surface area contributed by atoms with Crippen molar-refractivity contribution in [2.75, 3.05) is 17.2 Å². The van der Waals surface area contributed by atoms with Crippen LogP contribution in [0.1, 0.15) is 23.7 Å². The molecule has 0 aliphatic heterocycles. The molecule has 16 heavy (non-hydrogen) atoms. The maximum absolute atomic E-state index is 9.88. The zero-order valence-corrected chi connectivity index (χ0v) is 10.1. The molecule has 0 aromatic heterocycles. The number of aliphatic hydroxyl groups excluding tert-OH is 2. The Morgan fingerprint density at radius 2 is 1.94 bits per heavy atom. The molecule has 0 spiro atoms. The molecular formula is C11H18N2O2S. The molecule has 0 heterocycles. The van der Waals surface area contributed by atoms with Crippen LogP contribution in [0.15, 0.2) is 12.1 Å². The molecule has 5 heteroatoms. The lowest BCUT2D eigenvalue weighted by Gasteiger charge is -2.19. The summed E-state index contributed by atoms with van der Waals surface area (Å²) < 4.78 is 0. The van der Waals surface area contributed by atoms with E-state index >= 15 is 0 Å². The number of thiol groups is 1. The van der Waals surface area contributed by atoms with Crippen molar-refractivity contribution in [3.8, 4) is 0 Å². The van der Waals surface area contributed by atoms with Crippen molar-refractivity contribution in [1.29, 1.82) is 0 Å². The van der Waals surface area contributed by atoms with Crippen molar-refractivity contribution in [2.24, 2.45) is 0 Å². The number of rotatable bonds is 4. The van der Waals surface area contributed by atoms with Gasteiger partial charge in [0, 0.05) is 0 Å². The predicted molar refractivity (Wildman–Crippen MR) is 69.4 cm³/mol. The first kappa shape index (κ1) is 13.2. The van der Waals surface area contributed by atoms with Crippen molar-refractivity contribution in [2.45, 2.75) is 25.6 Å². The van der Waals surface area contributed by atoms with Crippen LogP contribution < -0.4 is 11.5 Å². The third-order valence-electron chi connectivity index (χ3n) is 2.57. The lowest BCUT2D eigenvalue weighted by Crippen LogP contribution is -2.19. The minimum atomic E-state index is -0.950. The largest absolute Gasteiger partial charge is 0.397 e. The number of benzene rings is 1. The Morgan fingerprint density at radius 3 is 2.44 bits per heavy atom. The van der Waals surface area contributed by atoms with Crippen LogP contribution in [-0.4, -0.2) is 22.1 Å². The number of hydrogen-bond acceptors (Lipinski definition) is 5. The third-order valence-corrected chi connectivity index (χ3v) is 2.83. The van der Waals surface area contributed by atoms with Crippen molar-refractivity contribution < 1.29 is 10.2 Å². The molecule has 6 N–H and O–H groups in total. The molecular weight excluding hydrogens is 224 g/mol. The number of anilines is 2. The van der Waals surface area contributed by atoms with E-state index < -0.39 is 12.2 Å². The lowest BCUT2D eigenvalue weighted by molar-refractivity contribution is 0.0172. The molecule has 0 radical (unpaired) electrons. The highest BCUT2D eigenvalue weighted by Crippen LogP contribution is 2.27. The van der Waals surface area contributed by atoms with Gasteiger partial charge in [0.05, 0.1) is 17.5 Å². The molecule has 0 amide bonds. The Hall–Kier alpha value is -0.910. The van der Waals surface area contributed by atoms with Crippen LogP contribution in [0.2, 0.25) is 0 Å². The number of aliphatic hydroxyl groups is 2. The summed E-state index contributed by atoms with van der Waals surface area (Å²) in [6.45, 7) is 1.81. The predicted octanol–water partition coefficient (Wildman–Crippen LogP) is 0.874. The summed E-state index contributed by atoms with van der Waals surface area (Å²) in [6.07, 6.45) is -1.36. The Kier molecular flexibility index (Phi) is 4.46. The standard InChI is InChI=1S/C11H18N2O2S/c1-6-4-7(5-8(12)10(6)13)11(15)9(14)2-3-16/h4-5,9,11,14-16H,2-3,12-13H2,1H3. The molecule has 0 aliphatic rings. The summed E-state index contributed by atoms with van der Waals surface area (Å²) >= 11 is 4.01. The summed E-state index contributed by atoms with van der Waals surface area (Å²) in [6, 6.07) is 3.33. The second-order valence-electron chi connectivity index (χ2n) is 3.87. The molecule has 0 bridgehead atoms. The van der Waals surface area contributed by atoms with Crippen LogP contribution in [0.25, 0.3) is 0 Å². The highest BCUT2D eigenvalue weighted by molar-refractivity contribution is 7.80. The molecule has 4 nitrogen and oxygen atoms in total. The Balaban J connectivity index is 2.96. The smallest absolute Gasteiger partial charge is 0.105 e. The van der Waals surface area contributed by atoms with Gasteiger partial charge in [-0.3, -0.25) is 0 Å². The first-order valence-corrected chi connectivity index (χ1v) is 5.73. The van der Waals surface area contributed by atoms with E-state index in [1.165, 1.54) is 0 Å². The lowest BCUT2D eigenvalue weighted by atomic mass is 9.99. The van der Waals surface area contributed by atoms with Gasteiger partial charge in [0.1, 0.15) is 6.10 Å². The molecule has 1 aromatic carbocycles. The van der Waals surface area contributed by atoms with E-state index in [-0.39, 0.29) is 0 Å². The van der Waals surface area contributed by atoms with Crippen LogP contribution >= 0.6 is 12.6 Å². The first-order chi connectivity index (χ1) is 7.47. The van der Waals surface area contributed by atoms with Crippen LogP contribution in [0.3, 0.4) is 0 Å². The Morgan fingerprint density at radius 1 is 1.31 bits per heavy atom. The zero-order chi connectivity index (χ0) is 12.3. The van der Waals surface area contributed by atoms with E-state index in [2.05, 4.69) is 12.6 Å². The van der Waals surface area contributed by atoms with E-state index in [0.717, 1.165) is 5.56 Å². The summed E-state index contributed by atoms with van der Waals surface area (Å²) in [5.41, 5.74) is 13.7. The van der Waals surface area contributed by atoms with Gasteiger partial charge in [0.25, 0.3) is 0 Å². The quantitative estimate of drug-likeness (QED) is 0.400. The number of hydrogen-bond donors (Lipinski definition) is 5. The van der Waals surface area contributed by atoms with Gasteiger partial charge in [-0.1, -0.05) is 6.07 Å². The van der Waals surface area contributed by atoms with Crippen molar-refractivity contribution >= 4 is 24.0 Å². The topological polar surface area (TPSA) is 92.5 Å². The fourth-order valence-electron chi connectivity index (χ4n) is 1.54. The van der Waals surface area contributed by atoms with Crippen molar-refractivity contribution in [3.05, 3.63) is 23.3 Å². The van der Waals surface area contributed by atoms with Gasteiger partial charge in [-0.25, -0.2) is 0 Å². The van der Waals surface area contributed by atoms with E-state index in [4.69, 9.17) is 11.5 Å². The number of nitrogens with two attached hydrogens (primary N) is 2. The minimum Gasteiger partial charge on any atom is -0.397 e. The van der Waals surface area contributed by atoms with Crippen molar-refractivity contribution in [3.63, 3.8) is 0 Å². The average Bonchev–Trinajstić information content (AvgIpc) is 2.24. The molecule has 90 valence electrons. The maximum Gasteiger partial charge on any atom is 0.105 e. The molecule has 0 fully saturated rings. The van der Waals surface area contributed by atoms with Gasteiger partial charge < -0.3 is 21.7 Å². The minimum absolute atomic E-state index is 0.423. The molecule has 0 saturated carbocycles. The summed E-state index contributed by atoms with van der Waals surface area (Å²) in [5, 5.41) is 19.5. The van der Waals surface area contributed by atoms with Gasteiger partial charge >= 0.3 is 0 Å². The van der Waals surface area contributed by atoms with Gasteiger partial charge in [-0.05, 0) is 36.3 Å². The zero-order valence-electron chi connectivity index (χ0n) is 9.22. The molecule has 0 aliphatic carbocycles. The van der Waals surface area contributed by atoms with Gasteiger partial charge in [0.15, 0.2) is 0 Å². The third kappa shape index (κ3) is 2.81. The molecule has 0 saturated heterocycles. The van der Waals surface area contributed by atoms with Crippen LogP contribution in [0.5, 0.6) is 0 Å². The van der Waals surface area contributed by atoms with E-state index in [0.29, 0.717) is 29.1 Å². The van der Waals surface area contributed by atoms with Crippen molar-refractivity contribution in [1.82, 2.24) is 0 Å². The van der Waals surface area contributed by atoms with Gasteiger partial charge in [-0.15, -0.1) is 0 Å². The molecule has 1 aromatic rings. The highest BCUT2D eigenvalue weighted by Gasteiger charge is 2.18. The van der Waals surface area contributed by atoms with Crippen LogP contribution in [-0.2, 0) is 0 Å². The fraction of sp³-hybridized carbons (Fsp3) is 0.455. The molecule has 2 atom stereocenters. The monoisotopic (exact) mass is 242 g/mol. The fourth-order valence-corrected chi connectivity index (χ4v) is 1.80.